The van der Waals surface area contributed by atoms with Crippen LogP contribution in [0.15, 0.2) is 54.2 Å². The van der Waals surface area contributed by atoms with E-state index in [1.54, 1.807) is 17.8 Å². The van der Waals surface area contributed by atoms with Crippen LogP contribution in [-0.4, -0.2) is 34.7 Å². The van der Waals surface area contributed by atoms with E-state index in [4.69, 9.17) is 4.74 Å². The maximum Gasteiger partial charge on any atom is 0.357 e. The molecular formula is C30H41N3O2. The first-order valence-corrected chi connectivity index (χ1v) is 13.2. The van der Waals surface area contributed by atoms with Gasteiger partial charge in [-0.1, -0.05) is 55.0 Å². The van der Waals surface area contributed by atoms with E-state index >= 15 is 0 Å². The number of nitrogens with zero attached hydrogens (tertiary/aromatic N) is 1. The van der Waals surface area contributed by atoms with Crippen LogP contribution in [0.5, 0.6) is 0 Å². The molecular weight excluding hydrogens is 434 g/mol. The third-order valence-electron chi connectivity index (χ3n) is 7.03. The quantitative estimate of drug-likeness (QED) is 0.442. The minimum Gasteiger partial charge on any atom is -0.455 e. The summed E-state index contributed by atoms with van der Waals surface area (Å²) in [6.45, 7) is 8.65. The standard InChI is InChI=1S/C30H41N3O2/c1-5-23(17-21-9-7-6-8-10-21)26-18-28(26)33-25-14-12-24(13-15-25)31-19-22-11-16-27(32-20-22)29(34)35-30(2,3)4/h6-11,16-17,20,24-26,28,31,33H,5,12-15,18-19H2,1-4H3/b23-17+. The number of aromatic nitrogens is 1. The second kappa shape index (κ2) is 11.5. The number of rotatable bonds is 9. The molecule has 1 aromatic heterocycles. The van der Waals surface area contributed by atoms with Gasteiger partial charge in [-0.25, -0.2) is 9.78 Å². The number of carbonyl (C=O) groups is 1. The van der Waals surface area contributed by atoms with E-state index in [2.05, 4.69) is 58.9 Å². The molecule has 5 heteroatoms. The van der Waals surface area contributed by atoms with Gasteiger partial charge in [-0.3, -0.25) is 0 Å². The van der Waals surface area contributed by atoms with Crippen LogP contribution in [-0.2, 0) is 11.3 Å². The predicted molar refractivity (Wildman–Crippen MR) is 142 cm³/mol. The predicted octanol–water partition coefficient (Wildman–Crippen LogP) is 5.91. The smallest absolute Gasteiger partial charge is 0.357 e. The lowest BCUT2D eigenvalue weighted by Crippen LogP contribution is -2.40. The molecule has 2 aromatic rings. The van der Waals surface area contributed by atoms with Crippen molar-refractivity contribution in [3.05, 3.63) is 71.1 Å². The minimum atomic E-state index is -0.510. The van der Waals surface area contributed by atoms with Gasteiger partial charge >= 0.3 is 5.97 Å². The van der Waals surface area contributed by atoms with Crippen molar-refractivity contribution >= 4 is 12.0 Å². The van der Waals surface area contributed by atoms with Gasteiger partial charge in [-0.2, -0.15) is 0 Å². The second-order valence-corrected chi connectivity index (χ2v) is 11.1. The Morgan fingerprint density at radius 3 is 2.40 bits per heavy atom. The summed E-state index contributed by atoms with van der Waals surface area (Å²) in [6, 6.07) is 16.2. The molecule has 2 aliphatic carbocycles. The summed E-state index contributed by atoms with van der Waals surface area (Å²) in [6.07, 6.45) is 11.4. The summed E-state index contributed by atoms with van der Waals surface area (Å²) in [7, 11) is 0. The van der Waals surface area contributed by atoms with Crippen molar-refractivity contribution in [2.75, 3.05) is 0 Å². The number of pyridine rings is 1. The molecule has 0 radical (unpaired) electrons. The van der Waals surface area contributed by atoms with Crippen LogP contribution in [0.2, 0.25) is 0 Å². The first-order chi connectivity index (χ1) is 16.8. The summed E-state index contributed by atoms with van der Waals surface area (Å²) >= 11 is 0. The molecule has 2 atom stereocenters. The fourth-order valence-corrected chi connectivity index (χ4v) is 5.03. The van der Waals surface area contributed by atoms with Gasteiger partial charge in [0.15, 0.2) is 0 Å². The van der Waals surface area contributed by atoms with Gasteiger partial charge in [0, 0.05) is 30.9 Å². The highest BCUT2D eigenvalue weighted by Gasteiger charge is 2.40. The normalized spacial score (nSPS) is 24.7. The molecule has 2 unspecified atom stereocenters. The second-order valence-electron chi connectivity index (χ2n) is 11.1. The van der Waals surface area contributed by atoms with Gasteiger partial charge in [0.05, 0.1) is 0 Å². The van der Waals surface area contributed by atoms with Crippen molar-refractivity contribution < 1.29 is 9.53 Å². The maximum atomic E-state index is 12.1. The highest BCUT2D eigenvalue weighted by atomic mass is 16.6. The van der Waals surface area contributed by atoms with Gasteiger partial charge < -0.3 is 15.4 Å². The monoisotopic (exact) mass is 475 g/mol. The molecule has 0 saturated heterocycles. The van der Waals surface area contributed by atoms with Gasteiger partial charge in [-0.05, 0) is 82.4 Å². The van der Waals surface area contributed by atoms with Crippen LogP contribution in [0.4, 0.5) is 0 Å². The van der Waals surface area contributed by atoms with Crippen molar-refractivity contribution in [1.29, 1.82) is 0 Å². The van der Waals surface area contributed by atoms with Gasteiger partial charge in [0.1, 0.15) is 11.3 Å². The van der Waals surface area contributed by atoms with E-state index < -0.39 is 5.60 Å². The highest BCUT2D eigenvalue weighted by molar-refractivity contribution is 5.87. The lowest BCUT2D eigenvalue weighted by atomic mass is 9.91. The molecule has 2 aliphatic rings. The van der Waals surface area contributed by atoms with E-state index in [9.17, 15) is 4.79 Å². The van der Waals surface area contributed by atoms with Crippen LogP contribution in [0, 0.1) is 5.92 Å². The molecule has 4 rings (SSSR count). The number of hydrogen-bond donors (Lipinski definition) is 2. The number of ether oxygens (including phenoxy) is 1. The summed E-state index contributed by atoms with van der Waals surface area (Å²) in [5.74, 6) is 0.328. The van der Waals surface area contributed by atoms with Crippen LogP contribution in [0.25, 0.3) is 6.08 Å². The van der Waals surface area contributed by atoms with E-state index in [0.717, 1.165) is 18.5 Å². The number of benzene rings is 1. The van der Waals surface area contributed by atoms with E-state index in [0.29, 0.717) is 29.7 Å². The Bertz CT molecular complexity index is 987. The first-order valence-electron chi connectivity index (χ1n) is 13.2. The molecule has 35 heavy (non-hydrogen) atoms. The fraction of sp³-hybridized carbons (Fsp3) is 0.533. The van der Waals surface area contributed by atoms with E-state index in [1.165, 1.54) is 37.7 Å². The Kier molecular flexibility index (Phi) is 8.40. The fourth-order valence-electron chi connectivity index (χ4n) is 5.03. The number of nitrogens with one attached hydrogen (secondary N) is 2. The van der Waals surface area contributed by atoms with E-state index in [-0.39, 0.29) is 5.97 Å². The summed E-state index contributed by atoms with van der Waals surface area (Å²) < 4.78 is 5.39. The van der Waals surface area contributed by atoms with Crippen molar-refractivity contribution in [3.8, 4) is 0 Å². The first kappa shape index (κ1) is 25.6. The van der Waals surface area contributed by atoms with Crippen molar-refractivity contribution in [2.24, 2.45) is 5.92 Å². The van der Waals surface area contributed by atoms with Crippen LogP contribution in [0.3, 0.4) is 0 Å². The molecule has 0 amide bonds. The highest BCUT2D eigenvalue weighted by Crippen LogP contribution is 2.40. The van der Waals surface area contributed by atoms with Crippen molar-refractivity contribution in [3.63, 3.8) is 0 Å². The molecule has 0 bridgehead atoms. The average Bonchev–Trinajstić information content (AvgIpc) is 3.61. The topological polar surface area (TPSA) is 63.2 Å². The van der Waals surface area contributed by atoms with Crippen LogP contribution < -0.4 is 10.6 Å². The summed E-state index contributed by atoms with van der Waals surface area (Å²) in [5.41, 5.74) is 3.84. The largest absolute Gasteiger partial charge is 0.455 e. The Balaban J connectivity index is 1.17. The minimum absolute atomic E-state index is 0.360. The Labute approximate surface area is 210 Å². The molecule has 2 saturated carbocycles. The zero-order valence-electron chi connectivity index (χ0n) is 21.7. The summed E-state index contributed by atoms with van der Waals surface area (Å²) in [4.78, 5) is 16.4. The summed E-state index contributed by atoms with van der Waals surface area (Å²) in [5, 5.41) is 7.63. The molecule has 2 N–H and O–H groups in total. The third kappa shape index (κ3) is 7.74. The van der Waals surface area contributed by atoms with Crippen molar-refractivity contribution in [2.45, 2.75) is 96.5 Å². The van der Waals surface area contributed by atoms with Crippen LogP contribution >= 0.6 is 0 Å². The molecule has 5 nitrogen and oxygen atoms in total. The third-order valence-corrected chi connectivity index (χ3v) is 7.03. The molecule has 1 aromatic carbocycles. The van der Waals surface area contributed by atoms with Crippen molar-refractivity contribution in [1.82, 2.24) is 15.6 Å². The van der Waals surface area contributed by atoms with Gasteiger partial charge in [0.25, 0.3) is 0 Å². The lowest BCUT2D eigenvalue weighted by molar-refractivity contribution is 0.00628. The molecule has 1 heterocycles. The zero-order valence-corrected chi connectivity index (χ0v) is 21.7. The molecule has 0 aliphatic heterocycles. The Hall–Kier alpha value is -2.50. The molecule has 0 spiro atoms. The SMILES string of the molecule is CC/C(=C\c1ccccc1)C1CC1NC1CCC(NCc2ccc(C(=O)OC(C)(C)C)nc2)CC1. The molecule has 188 valence electrons. The maximum absolute atomic E-state index is 12.1. The Morgan fingerprint density at radius 2 is 1.77 bits per heavy atom. The molecule has 2 fully saturated rings. The lowest BCUT2D eigenvalue weighted by Gasteiger charge is -2.30. The van der Waals surface area contributed by atoms with Crippen LogP contribution in [0.1, 0.15) is 87.8 Å². The van der Waals surface area contributed by atoms with E-state index in [1.807, 2.05) is 26.8 Å². The number of carbonyl (C=O) groups excluding carboxylic acids is 1. The average molecular weight is 476 g/mol. The number of hydrogen-bond acceptors (Lipinski definition) is 5. The van der Waals surface area contributed by atoms with Gasteiger partial charge in [0.2, 0.25) is 0 Å². The number of esters is 1. The Morgan fingerprint density at radius 1 is 1.06 bits per heavy atom. The zero-order chi connectivity index (χ0) is 24.8. The van der Waals surface area contributed by atoms with Gasteiger partial charge in [-0.15, -0.1) is 0 Å².